The van der Waals surface area contributed by atoms with Gasteiger partial charge in [0.05, 0.1) is 0 Å². The molecule has 0 amide bonds. The molecule has 9 heavy (non-hydrogen) atoms. The van der Waals surface area contributed by atoms with Gasteiger partial charge in [-0.3, -0.25) is 0 Å². The lowest BCUT2D eigenvalue weighted by molar-refractivity contribution is 0.00460. The summed E-state index contributed by atoms with van der Waals surface area (Å²) >= 11 is 0. The van der Waals surface area contributed by atoms with Crippen molar-refractivity contribution in [3.05, 3.63) is 0 Å². The number of hydrogen-bond acceptors (Lipinski definition) is 0. The average Bonchev–Trinajstić information content (AvgIpc) is 2.11. The van der Waals surface area contributed by atoms with Crippen molar-refractivity contribution in [2.24, 2.45) is 17.3 Å². The summed E-state index contributed by atoms with van der Waals surface area (Å²) in [5, 5.41) is 0. The zero-order valence-electron chi connectivity index (χ0n) is 6.48. The van der Waals surface area contributed by atoms with Crippen LogP contribution in [0.5, 0.6) is 0 Å². The van der Waals surface area contributed by atoms with Gasteiger partial charge in [0.25, 0.3) is 0 Å². The standard InChI is InChI=1S/C9H16/c1-7-6-8-4-3-5-9(7,8)2/h7-8H,3-6H2,1-2H3/t7?,8-,9?/m0/s1. The van der Waals surface area contributed by atoms with Crippen LogP contribution in [0.15, 0.2) is 0 Å². The molecule has 2 rings (SSSR count). The lowest BCUT2D eigenvalue weighted by Crippen LogP contribution is -2.41. The number of hydrogen-bond donors (Lipinski definition) is 0. The molecule has 2 fully saturated rings. The van der Waals surface area contributed by atoms with Gasteiger partial charge in [0.2, 0.25) is 0 Å². The first kappa shape index (κ1) is 5.76. The summed E-state index contributed by atoms with van der Waals surface area (Å²) in [6, 6.07) is 0. The van der Waals surface area contributed by atoms with E-state index in [0.29, 0.717) is 0 Å². The van der Waals surface area contributed by atoms with Crippen LogP contribution >= 0.6 is 0 Å². The van der Waals surface area contributed by atoms with E-state index in [9.17, 15) is 0 Å². The smallest absolute Gasteiger partial charge is 0.0272 e. The maximum Gasteiger partial charge on any atom is -0.0272 e. The highest BCUT2D eigenvalue weighted by Gasteiger charge is 2.51. The second kappa shape index (κ2) is 1.53. The monoisotopic (exact) mass is 124 g/mol. The SMILES string of the molecule is CC1C[C@@H]2CCCC12C. The molecular formula is C9H16. The molecule has 0 radical (unpaired) electrons. The minimum absolute atomic E-state index is 0.792. The number of rotatable bonds is 0. The van der Waals surface area contributed by atoms with Crippen molar-refractivity contribution in [2.45, 2.75) is 39.5 Å². The molecule has 0 spiro atoms. The zero-order valence-corrected chi connectivity index (χ0v) is 6.48. The molecule has 3 atom stereocenters. The van der Waals surface area contributed by atoms with Gasteiger partial charge >= 0.3 is 0 Å². The fraction of sp³-hybridized carbons (Fsp3) is 1.00. The van der Waals surface area contributed by atoms with E-state index >= 15 is 0 Å². The second-order valence-corrected chi connectivity index (χ2v) is 4.23. The normalized spacial score (nSPS) is 56.7. The molecule has 0 nitrogen and oxygen atoms in total. The Labute approximate surface area is 57.6 Å². The molecule has 2 aliphatic rings. The molecule has 2 aliphatic carbocycles. The Kier molecular flexibility index (Phi) is 0.980. The van der Waals surface area contributed by atoms with E-state index in [1.165, 1.54) is 25.7 Å². The van der Waals surface area contributed by atoms with Crippen molar-refractivity contribution in [3.8, 4) is 0 Å². The molecule has 2 saturated carbocycles. The first-order valence-corrected chi connectivity index (χ1v) is 4.23. The summed E-state index contributed by atoms with van der Waals surface area (Å²) in [6.07, 6.45) is 6.07. The summed E-state index contributed by atoms with van der Waals surface area (Å²) in [5.74, 6) is 2.15. The van der Waals surface area contributed by atoms with E-state index in [1.54, 1.807) is 0 Å². The maximum atomic E-state index is 2.48. The molecule has 0 bridgehead atoms. The van der Waals surface area contributed by atoms with Crippen LogP contribution in [0.4, 0.5) is 0 Å². The third kappa shape index (κ3) is 0.544. The first-order chi connectivity index (χ1) is 4.23. The van der Waals surface area contributed by atoms with E-state index in [2.05, 4.69) is 13.8 Å². The lowest BCUT2D eigenvalue weighted by Gasteiger charge is -2.49. The van der Waals surface area contributed by atoms with E-state index in [4.69, 9.17) is 0 Å². The van der Waals surface area contributed by atoms with E-state index < -0.39 is 0 Å². The van der Waals surface area contributed by atoms with Crippen LogP contribution in [0.3, 0.4) is 0 Å². The summed E-state index contributed by atoms with van der Waals surface area (Å²) in [5.41, 5.74) is 0.792. The molecule has 0 aromatic rings. The zero-order chi connectivity index (χ0) is 6.48. The van der Waals surface area contributed by atoms with Crippen LogP contribution in [0, 0.1) is 17.3 Å². The molecule has 0 aromatic heterocycles. The quantitative estimate of drug-likeness (QED) is 0.466. The Morgan fingerprint density at radius 3 is 2.67 bits per heavy atom. The lowest BCUT2D eigenvalue weighted by atomic mass is 9.56. The average molecular weight is 124 g/mol. The van der Waals surface area contributed by atoms with Crippen LogP contribution in [0.25, 0.3) is 0 Å². The molecule has 2 unspecified atom stereocenters. The van der Waals surface area contributed by atoms with Crippen LogP contribution in [0.1, 0.15) is 39.5 Å². The Bertz CT molecular complexity index is 128. The van der Waals surface area contributed by atoms with E-state index in [-0.39, 0.29) is 0 Å². The predicted molar refractivity (Wildman–Crippen MR) is 39.2 cm³/mol. The largest absolute Gasteiger partial charge is 0.0620 e. The Balaban J connectivity index is 2.16. The molecule has 0 heterocycles. The van der Waals surface area contributed by atoms with Crippen LogP contribution in [-0.2, 0) is 0 Å². The van der Waals surface area contributed by atoms with Gasteiger partial charge < -0.3 is 0 Å². The van der Waals surface area contributed by atoms with Crippen molar-refractivity contribution in [2.75, 3.05) is 0 Å². The highest BCUT2D eigenvalue weighted by atomic mass is 14.6. The van der Waals surface area contributed by atoms with Crippen molar-refractivity contribution < 1.29 is 0 Å². The van der Waals surface area contributed by atoms with Crippen molar-refractivity contribution in [1.29, 1.82) is 0 Å². The Hall–Kier alpha value is 0. The van der Waals surface area contributed by atoms with Gasteiger partial charge in [-0.05, 0) is 36.5 Å². The second-order valence-electron chi connectivity index (χ2n) is 4.23. The molecule has 0 saturated heterocycles. The van der Waals surface area contributed by atoms with Crippen LogP contribution < -0.4 is 0 Å². The van der Waals surface area contributed by atoms with Crippen molar-refractivity contribution in [1.82, 2.24) is 0 Å². The van der Waals surface area contributed by atoms with Gasteiger partial charge in [-0.25, -0.2) is 0 Å². The Morgan fingerprint density at radius 1 is 1.44 bits per heavy atom. The van der Waals surface area contributed by atoms with E-state index in [0.717, 1.165) is 17.3 Å². The Morgan fingerprint density at radius 2 is 2.22 bits per heavy atom. The maximum absolute atomic E-state index is 2.48. The van der Waals surface area contributed by atoms with Crippen molar-refractivity contribution >= 4 is 0 Å². The fourth-order valence-electron chi connectivity index (χ4n) is 2.83. The molecule has 52 valence electrons. The topological polar surface area (TPSA) is 0 Å². The third-order valence-corrected chi connectivity index (χ3v) is 3.96. The molecule has 0 aliphatic heterocycles. The van der Waals surface area contributed by atoms with Gasteiger partial charge in [-0.1, -0.05) is 20.3 Å². The summed E-state index contributed by atoms with van der Waals surface area (Å²) in [7, 11) is 0. The van der Waals surface area contributed by atoms with Crippen LogP contribution in [0.2, 0.25) is 0 Å². The predicted octanol–water partition coefficient (Wildman–Crippen LogP) is 2.83. The molecule has 0 aromatic carbocycles. The number of fused-ring (bicyclic) bond motifs is 1. The van der Waals surface area contributed by atoms with Crippen LogP contribution in [-0.4, -0.2) is 0 Å². The van der Waals surface area contributed by atoms with Gasteiger partial charge in [-0.2, -0.15) is 0 Å². The van der Waals surface area contributed by atoms with Gasteiger partial charge in [-0.15, -0.1) is 0 Å². The molecule has 0 N–H and O–H groups in total. The summed E-state index contributed by atoms with van der Waals surface area (Å²) in [4.78, 5) is 0. The minimum atomic E-state index is 0.792. The molecule has 0 heteroatoms. The minimum Gasteiger partial charge on any atom is -0.0620 e. The highest BCUT2D eigenvalue weighted by molar-refractivity contribution is 5.00. The van der Waals surface area contributed by atoms with Crippen molar-refractivity contribution in [3.63, 3.8) is 0 Å². The summed E-state index contributed by atoms with van der Waals surface area (Å²) < 4.78 is 0. The van der Waals surface area contributed by atoms with Gasteiger partial charge in [0, 0.05) is 0 Å². The fourth-order valence-corrected chi connectivity index (χ4v) is 2.83. The molecular weight excluding hydrogens is 108 g/mol. The summed E-state index contributed by atoms with van der Waals surface area (Å²) in [6.45, 7) is 4.90. The third-order valence-electron chi connectivity index (χ3n) is 3.96. The van der Waals surface area contributed by atoms with Gasteiger partial charge in [0.15, 0.2) is 0 Å². The van der Waals surface area contributed by atoms with E-state index in [1.807, 2.05) is 0 Å². The van der Waals surface area contributed by atoms with Gasteiger partial charge in [0.1, 0.15) is 0 Å². The highest BCUT2D eigenvalue weighted by Crippen LogP contribution is 2.60. The first-order valence-electron chi connectivity index (χ1n) is 4.23.